The van der Waals surface area contributed by atoms with E-state index in [1.54, 1.807) is 18.2 Å². The zero-order chi connectivity index (χ0) is 23.8. The van der Waals surface area contributed by atoms with Gasteiger partial charge < -0.3 is 5.32 Å². The van der Waals surface area contributed by atoms with Crippen molar-refractivity contribution in [1.29, 1.82) is 0 Å². The van der Waals surface area contributed by atoms with Gasteiger partial charge in [-0.2, -0.15) is 0 Å². The number of halogens is 2. The van der Waals surface area contributed by atoms with E-state index in [1.165, 1.54) is 49.9 Å². The maximum atomic E-state index is 14.1. The average Bonchev–Trinajstić information content (AvgIpc) is 3.26. The molecule has 0 saturated heterocycles. The highest BCUT2D eigenvalue weighted by atomic mass is 35.5. The van der Waals surface area contributed by atoms with Crippen LogP contribution in [0.1, 0.15) is 56.3 Å². The van der Waals surface area contributed by atoms with Gasteiger partial charge in [-0.3, -0.25) is 9.36 Å². The molecular weight excluding hydrogens is 471 g/mol. The predicted octanol–water partition coefficient (Wildman–Crippen LogP) is 6.37. The predicted molar refractivity (Wildman–Crippen MR) is 135 cm³/mol. The summed E-state index contributed by atoms with van der Waals surface area (Å²) in [6, 6.07) is 14.2. The lowest BCUT2D eigenvalue weighted by Crippen LogP contribution is -2.26. The third-order valence-corrected chi connectivity index (χ3v) is 7.47. The quantitative estimate of drug-likeness (QED) is 0.328. The number of amides is 1. The van der Waals surface area contributed by atoms with Crippen molar-refractivity contribution in [3.8, 4) is 5.69 Å². The summed E-state index contributed by atoms with van der Waals surface area (Å²) in [5.41, 5.74) is 1.42. The van der Waals surface area contributed by atoms with Crippen molar-refractivity contribution in [1.82, 2.24) is 20.1 Å². The molecule has 1 fully saturated rings. The standard InChI is InChI=1S/C26H30ClFN4OS/c27-21-10-6-11-22(17-21)32-24(13-14-25(33)29-16-15-19-7-2-1-3-8-19)30-31-26(32)34-18-20-9-4-5-12-23(20)28/h4-6,9-12,17,19H,1-3,7-8,13-16,18H2,(H,29,33). The van der Waals surface area contributed by atoms with Crippen LogP contribution in [0.5, 0.6) is 0 Å². The summed E-state index contributed by atoms with van der Waals surface area (Å²) in [7, 11) is 0. The minimum absolute atomic E-state index is 0.0250. The number of thioether (sulfide) groups is 1. The van der Waals surface area contributed by atoms with Crippen LogP contribution in [0.25, 0.3) is 5.69 Å². The molecule has 4 rings (SSSR count). The molecule has 1 aliphatic rings. The topological polar surface area (TPSA) is 59.8 Å². The molecule has 34 heavy (non-hydrogen) atoms. The van der Waals surface area contributed by atoms with E-state index in [1.807, 2.05) is 28.8 Å². The lowest BCUT2D eigenvalue weighted by atomic mass is 9.87. The largest absolute Gasteiger partial charge is 0.356 e. The van der Waals surface area contributed by atoms with Crippen LogP contribution in [0.4, 0.5) is 4.39 Å². The van der Waals surface area contributed by atoms with Gasteiger partial charge in [-0.25, -0.2) is 4.39 Å². The minimum Gasteiger partial charge on any atom is -0.356 e. The normalized spacial score (nSPS) is 14.3. The van der Waals surface area contributed by atoms with Crippen molar-refractivity contribution in [2.75, 3.05) is 6.54 Å². The lowest BCUT2D eigenvalue weighted by molar-refractivity contribution is -0.121. The smallest absolute Gasteiger partial charge is 0.220 e. The molecule has 3 aromatic rings. The van der Waals surface area contributed by atoms with Crippen LogP contribution in [0, 0.1) is 11.7 Å². The van der Waals surface area contributed by atoms with Gasteiger partial charge >= 0.3 is 0 Å². The molecule has 1 aliphatic carbocycles. The second-order valence-corrected chi connectivity index (χ2v) is 10.1. The number of carbonyl (C=O) groups excluding carboxylic acids is 1. The number of hydrogen-bond acceptors (Lipinski definition) is 4. The van der Waals surface area contributed by atoms with E-state index in [0.29, 0.717) is 40.2 Å². The zero-order valence-corrected chi connectivity index (χ0v) is 20.8. The van der Waals surface area contributed by atoms with E-state index < -0.39 is 0 Å². The maximum Gasteiger partial charge on any atom is 0.220 e. The lowest BCUT2D eigenvalue weighted by Gasteiger charge is -2.21. The highest BCUT2D eigenvalue weighted by Gasteiger charge is 2.17. The van der Waals surface area contributed by atoms with Crippen molar-refractivity contribution in [3.05, 3.63) is 70.8 Å². The Morgan fingerprint density at radius 2 is 1.94 bits per heavy atom. The molecule has 1 N–H and O–H groups in total. The van der Waals surface area contributed by atoms with Crippen LogP contribution in [-0.2, 0) is 17.0 Å². The number of aromatic nitrogens is 3. The van der Waals surface area contributed by atoms with Crippen molar-refractivity contribution in [2.45, 2.75) is 62.3 Å². The fourth-order valence-electron chi connectivity index (χ4n) is 4.39. The highest BCUT2D eigenvalue weighted by molar-refractivity contribution is 7.98. The first kappa shape index (κ1) is 24.7. The summed E-state index contributed by atoms with van der Waals surface area (Å²) < 4.78 is 16.0. The molecular formula is C26H30ClFN4OS. The molecule has 0 atom stereocenters. The van der Waals surface area contributed by atoms with E-state index in [4.69, 9.17) is 11.6 Å². The molecule has 1 amide bonds. The van der Waals surface area contributed by atoms with Gasteiger partial charge in [-0.15, -0.1) is 10.2 Å². The Morgan fingerprint density at radius 3 is 2.74 bits per heavy atom. The fraction of sp³-hybridized carbons (Fsp3) is 0.423. The summed E-state index contributed by atoms with van der Waals surface area (Å²) in [5, 5.41) is 13.0. The molecule has 5 nitrogen and oxygen atoms in total. The van der Waals surface area contributed by atoms with Gasteiger partial charge in [0.1, 0.15) is 11.6 Å². The van der Waals surface area contributed by atoms with Crippen LogP contribution < -0.4 is 5.32 Å². The number of carbonyl (C=O) groups is 1. The molecule has 0 spiro atoms. The highest BCUT2D eigenvalue weighted by Crippen LogP contribution is 2.28. The van der Waals surface area contributed by atoms with Gasteiger partial charge in [0.2, 0.25) is 5.91 Å². The first-order chi connectivity index (χ1) is 16.6. The molecule has 1 aromatic heterocycles. The second kappa shape index (κ2) is 12.4. The van der Waals surface area contributed by atoms with Crippen molar-refractivity contribution >= 4 is 29.3 Å². The maximum absolute atomic E-state index is 14.1. The van der Waals surface area contributed by atoms with Gasteiger partial charge in [0, 0.05) is 30.2 Å². The first-order valence-corrected chi connectivity index (χ1v) is 13.3. The number of nitrogens with zero attached hydrogens (tertiary/aromatic N) is 3. The monoisotopic (exact) mass is 500 g/mol. The van der Waals surface area contributed by atoms with Crippen molar-refractivity contribution in [2.24, 2.45) is 5.92 Å². The molecule has 0 bridgehead atoms. The number of aryl methyl sites for hydroxylation is 1. The van der Waals surface area contributed by atoms with Gasteiger partial charge in [-0.1, -0.05) is 79.7 Å². The van der Waals surface area contributed by atoms with Crippen LogP contribution in [0.2, 0.25) is 5.02 Å². The number of hydrogen-bond donors (Lipinski definition) is 1. The summed E-state index contributed by atoms with van der Waals surface area (Å²) in [6.45, 7) is 0.730. The Hall–Kier alpha value is -2.38. The third kappa shape index (κ3) is 6.83. The van der Waals surface area contributed by atoms with Crippen LogP contribution in [-0.4, -0.2) is 27.2 Å². The molecule has 0 aliphatic heterocycles. The Bertz CT molecular complexity index is 1100. The zero-order valence-electron chi connectivity index (χ0n) is 19.2. The molecule has 180 valence electrons. The summed E-state index contributed by atoms with van der Waals surface area (Å²) in [6.07, 6.45) is 8.39. The fourth-order valence-corrected chi connectivity index (χ4v) is 5.53. The van der Waals surface area contributed by atoms with E-state index in [2.05, 4.69) is 15.5 Å². The van der Waals surface area contributed by atoms with Crippen LogP contribution in [0.15, 0.2) is 53.7 Å². The Labute approximate surface area is 209 Å². The molecule has 1 saturated carbocycles. The van der Waals surface area contributed by atoms with Gasteiger partial charge in [0.25, 0.3) is 0 Å². The average molecular weight is 501 g/mol. The summed E-state index contributed by atoms with van der Waals surface area (Å²) >= 11 is 7.64. The van der Waals surface area contributed by atoms with Crippen molar-refractivity contribution < 1.29 is 9.18 Å². The van der Waals surface area contributed by atoms with Crippen LogP contribution >= 0.6 is 23.4 Å². The Morgan fingerprint density at radius 1 is 1.12 bits per heavy atom. The van der Waals surface area contributed by atoms with Crippen molar-refractivity contribution in [3.63, 3.8) is 0 Å². The number of nitrogens with one attached hydrogen (secondary N) is 1. The van der Waals surface area contributed by atoms with Gasteiger partial charge in [0.05, 0.1) is 5.69 Å². The third-order valence-electron chi connectivity index (χ3n) is 6.26. The Balaban J connectivity index is 1.40. The molecule has 1 heterocycles. The molecule has 8 heteroatoms. The van der Waals surface area contributed by atoms with Gasteiger partial charge in [-0.05, 0) is 42.2 Å². The summed E-state index contributed by atoms with van der Waals surface area (Å²) in [4.78, 5) is 12.5. The van der Waals surface area contributed by atoms with E-state index in [0.717, 1.165) is 24.6 Å². The summed E-state index contributed by atoms with van der Waals surface area (Å²) in [5.74, 6) is 1.63. The van der Waals surface area contributed by atoms with E-state index in [9.17, 15) is 9.18 Å². The Kier molecular flexibility index (Phi) is 8.99. The number of rotatable bonds is 10. The minimum atomic E-state index is -0.242. The van der Waals surface area contributed by atoms with Gasteiger partial charge in [0.15, 0.2) is 5.16 Å². The number of benzene rings is 2. The van der Waals surface area contributed by atoms with E-state index in [-0.39, 0.29) is 11.7 Å². The molecule has 0 unspecified atom stereocenters. The van der Waals surface area contributed by atoms with E-state index >= 15 is 0 Å². The molecule has 2 aromatic carbocycles. The molecule has 0 radical (unpaired) electrons. The second-order valence-electron chi connectivity index (χ2n) is 8.74. The first-order valence-electron chi connectivity index (χ1n) is 11.9. The SMILES string of the molecule is O=C(CCc1nnc(SCc2ccccc2F)n1-c1cccc(Cl)c1)NCCC1CCCCC1. The van der Waals surface area contributed by atoms with Crippen LogP contribution in [0.3, 0.4) is 0 Å².